The van der Waals surface area contributed by atoms with Crippen LogP contribution in [0.3, 0.4) is 0 Å². The molecule has 0 saturated heterocycles. The van der Waals surface area contributed by atoms with Gasteiger partial charge in [0, 0.05) is 26.4 Å². The van der Waals surface area contributed by atoms with Crippen LogP contribution in [0.15, 0.2) is 133 Å². The lowest BCUT2D eigenvalue weighted by Gasteiger charge is -2.15. The van der Waals surface area contributed by atoms with Crippen LogP contribution in [0, 0.1) is 0 Å². The van der Waals surface area contributed by atoms with Gasteiger partial charge in [-0.2, -0.15) is 0 Å². The minimum Gasteiger partial charge on any atom is -0.278 e. The highest BCUT2D eigenvalue weighted by Gasteiger charge is 2.22. The predicted molar refractivity (Wildman–Crippen MR) is 205 cm³/mol. The molecule has 0 unspecified atom stereocenters. The van der Waals surface area contributed by atoms with E-state index in [1.807, 2.05) is 0 Å². The highest BCUT2D eigenvalue weighted by Crippen LogP contribution is 2.42. The number of aryl methyl sites for hydroxylation is 1. The zero-order chi connectivity index (χ0) is 31.3. The summed E-state index contributed by atoms with van der Waals surface area (Å²) in [6.45, 7) is 0. The van der Waals surface area contributed by atoms with Crippen LogP contribution < -0.4 is 0 Å². The maximum absolute atomic E-state index is 5.51. The molecule has 3 aromatic heterocycles. The number of allylic oxidation sites excluding steroid dienone is 1. The lowest BCUT2D eigenvalue weighted by molar-refractivity contribution is 0.997. The van der Waals surface area contributed by atoms with Gasteiger partial charge in [0.25, 0.3) is 0 Å². The number of aromatic nitrogens is 3. The second kappa shape index (κ2) is 9.83. The number of hydrogen-bond donors (Lipinski definition) is 0. The first kappa shape index (κ1) is 26.3. The van der Waals surface area contributed by atoms with Crippen LogP contribution in [-0.4, -0.2) is 14.5 Å². The zero-order valence-electron chi connectivity index (χ0n) is 25.9. The molecular weight excluding hydrogens is 603 g/mol. The molecule has 0 N–H and O–H groups in total. The molecule has 0 aliphatic heterocycles. The highest BCUT2D eigenvalue weighted by atomic mass is 32.1. The van der Waals surface area contributed by atoms with E-state index in [1.54, 1.807) is 11.3 Å². The third-order valence-corrected chi connectivity index (χ3v) is 11.4. The van der Waals surface area contributed by atoms with Crippen molar-refractivity contribution in [3.63, 3.8) is 0 Å². The van der Waals surface area contributed by atoms with E-state index in [1.165, 1.54) is 64.3 Å². The van der Waals surface area contributed by atoms with Crippen LogP contribution in [0.1, 0.15) is 17.5 Å². The largest absolute Gasteiger partial charge is 0.278 e. The Labute approximate surface area is 280 Å². The van der Waals surface area contributed by atoms with Crippen LogP contribution in [0.2, 0.25) is 0 Å². The Hall–Kier alpha value is -5.84. The molecular formula is C44H27N3S. The van der Waals surface area contributed by atoms with Gasteiger partial charge in [0.05, 0.1) is 26.9 Å². The second-order valence-electron chi connectivity index (χ2n) is 12.9. The predicted octanol–water partition coefficient (Wildman–Crippen LogP) is 12.0. The van der Waals surface area contributed by atoms with Crippen molar-refractivity contribution >= 4 is 91.8 Å². The third kappa shape index (κ3) is 3.69. The molecule has 0 radical (unpaired) electrons. The third-order valence-electron chi connectivity index (χ3n) is 10.2. The van der Waals surface area contributed by atoms with Crippen LogP contribution in [0.5, 0.6) is 0 Å². The van der Waals surface area contributed by atoms with E-state index < -0.39 is 0 Å². The summed E-state index contributed by atoms with van der Waals surface area (Å²) in [5.41, 5.74) is 8.11. The summed E-state index contributed by atoms with van der Waals surface area (Å²) in [6, 6.07) is 46.5. The molecule has 0 amide bonds. The van der Waals surface area contributed by atoms with Gasteiger partial charge in [-0.3, -0.25) is 4.57 Å². The number of nitrogens with zero attached hydrogens (tertiary/aromatic N) is 3. The molecule has 11 rings (SSSR count). The number of rotatable bonds is 2. The Morgan fingerprint density at radius 1 is 0.583 bits per heavy atom. The quantitative estimate of drug-likeness (QED) is 0.190. The fraction of sp³-hybridized carbons (Fsp3) is 0.0455. The Morgan fingerprint density at radius 3 is 2.29 bits per heavy atom. The van der Waals surface area contributed by atoms with Crippen molar-refractivity contribution in [1.82, 2.24) is 14.5 Å². The average molecular weight is 630 g/mol. The molecule has 0 spiro atoms. The SMILES string of the molecule is C1=Cc2ccc3cc(-c4nc(-n5c6cc7ccccc7cc6c6c7ccccc7ccc65)nc5c4sc4ccccc45)ccc3c2CC1. The van der Waals surface area contributed by atoms with Crippen LogP contribution in [-0.2, 0) is 6.42 Å². The molecule has 0 bridgehead atoms. The van der Waals surface area contributed by atoms with Crippen molar-refractivity contribution in [2.75, 3.05) is 0 Å². The van der Waals surface area contributed by atoms with Gasteiger partial charge >= 0.3 is 0 Å². The van der Waals surface area contributed by atoms with E-state index in [-0.39, 0.29) is 0 Å². The first-order valence-electron chi connectivity index (χ1n) is 16.6. The molecule has 4 heteroatoms. The summed E-state index contributed by atoms with van der Waals surface area (Å²) in [6.07, 6.45) is 6.72. The van der Waals surface area contributed by atoms with Gasteiger partial charge in [-0.1, -0.05) is 109 Å². The summed E-state index contributed by atoms with van der Waals surface area (Å²) >= 11 is 1.78. The average Bonchev–Trinajstić information content (AvgIpc) is 3.68. The minimum absolute atomic E-state index is 0.697. The Kier molecular flexibility index (Phi) is 5.38. The first-order valence-corrected chi connectivity index (χ1v) is 17.4. The first-order chi connectivity index (χ1) is 23.8. The van der Waals surface area contributed by atoms with E-state index in [0.29, 0.717) is 5.95 Å². The number of hydrogen-bond acceptors (Lipinski definition) is 3. The van der Waals surface area contributed by atoms with Gasteiger partial charge < -0.3 is 0 Å². The molecule has 0 fully saturated rings. The van der Waals surface area contributed by atoms with Crippen molar-refractivity contribution < 1.29 is 0 Å². The summed E-state index contributed by atoms with van der Waals surface area (Å²) in [7, 11) is 0. The molecule has 1 aliphatic carbocycles. The van der Waals surface area contributed by atoms with Crippen molar-refractivity contribution in [3.05, 3.63) is 145 Å². The molecule has 7 aromatic carbocycles. The Morgan fingerprint density at radius 2 is 1.38 bits per heavy atom. The molecule has 0 atom stereocenters. The second-order valence-corrected chi connectivity index (χ2v) is 13.9. The van der Waals surface area contributed by atoms with Gasteiger partial charge in [-0.25, -0.2) is 9.97 Å². The molecule has 3 nitrogen and oxygen atoms in total. The Balaban J connectivity index is 1.26. The standard InChI is InChI=1S/C44H27N3S/c1-2-12-29-25-38-36(24-28(29)11-1)40-34-14-6-4-10-27(34)20-22-37(40)47(38)44-45-41(43-42(46-44)35-15-7-8-16-39(35)48-43)31-19-21-33-30(23-31)18-17-26-9-3-5-13-32(26)33/h1-4,6-12,14-25H,5,13H2. The molecule has 48 heavy (non-hydrogen) atoms. The van der Waals surface area contributed by atoms with Crippen molar-refractivity contribution in [2.45, 2.75) is 12.8 Å². The van der Waals surface area contributed by atoms with Gasteiger partial charge in [0.15, 0.2) is 0 Å². The molecule has 0 saturated carbocycles. The van der Waals surface area contributed by atoms with Crippen LogP contribution in [0.4, 0.5) is 0 Å². The summed E-state index contributed by atoms with van der Waals surface area (Å²) in [4.78, 5) is 10.9. The van der Waals surface area contributed by atoms with Crippen molar-refractivity contribution in [1.29, 1.82) is 0 Å². The maximum Gasteiger partial charge on any atom is 0.235 e. The molecule has 3 heterocycles. The normalized spacial score (nSPS) is 13.2. The smallest absolute Gasteiger partial charge is 0.235 e. The number of fused-ring (bicyclic) bond motifs is 12. The van der Waals surface area contributed by atoms with Gasteiger partial charge in [0.1, 0.15) is 0 Å². The highest BCUT2D eigenvalue weighted by molar-refractivity contribution is 7.26. The maximum atomic E-state index is 5.51. The molecule has 1 aliphatic rings. The number of benzene rings is 7. The van der Waals surface area contributed by atoms with E-state index >= 15 is 0 Å². The lowest BCUT2D eigenvalue weighted by Crippen LogP contribution is -2.03. The van der Waals surface area contributed by atoms with E-state index in [4.69, 9.17) is 9.97 Å². The van der Waals surface area contributed by atoms with Crippen LogP contribution >= 0.6 is 11.3 Å². The number of thiophene rings is 1. The van der Waals surface area contributed by atoms with Gasteiger partial charge in [-0.05, 0) is 86.6 Å². The Bertz CT molecular complexity index is 3020. The minimum atomic E-state index is 0.697. The van der Waals surface area contributed by atoms with Crippen molar-refractivity contribution in [3.8, 4) is 17.2 Å². The van der Waals surface area contributed by atoms with Crippen molar-refractivity contribution in [2.24, 2.45) is 0 Å². The lowest BCUT2D eigenvalue weighted by atomic mass is 9.91. The monoisotopic (exact) mass is 629 g/mol. The molecule has 224 valence electrons. The van der Waals surface area contributed by atoms with Gasteiger partial charge in [-0.15, -0.1) is 11.3 Å². The topological polar surface area (TPSA) is 30.7 Å². The van der Waals surface area contributed by atoms with E-state index in [0.717, 1.165) is 45.3 Å². The van der Waals surface area contributed by atoms with E-state index in [9.17, 15) is 0 Å². The zero-order valence-corrected chi connectivity index (χ0v) is 26.8. The molecule has 10 aromatic rings. The fourth-order valence-corrected chi connectivity index (χ4v) is 9.15. The summed E-state index contributed by atoms with van der Waals surface area (Å²) in [5.74, 6) is 0.697. The summed E-state index contributed by atoms with van der Waals surface area (Å²) < 4.78 is 4.64. The fourth-order valence-electron chi connectivity index (χ4n) is 7.99. The van der Waals surface area contributed by atoms with Gasteiger partial charge in [0.2, 0.25) is 5.95 Å². The van der Waals surface area contributed by atoms with E-state index in [2.05, 4.69) is 144 Å². The summed E-state index contributed by atoms with van der Waals surface area (Å²) in [5, 5.41) is 11.1. The van der Waals surface area contributed by atoms with Crippen LogP contribution in [0.25, 0.3) is 97.7 Å².